The largest absolute Gasteiger partial charge is 0.493 e. The van der Waals surface area contributed by atoms with Crippen molar-refractivity contribution < 1.29 is 24.0 Å². The van der Waals surface area contributed by atoms with E-state index in [9.17, 15) is 14.4 Å². The van der Waals surface area contributed by atoms with Gasteiger partial charge in [-0.05, 0) is 24.3 Å². The molecule has 1 heterocycles. The Morgan fingerprint density at radius 3 is 2.20 bits per heavy atom. The normalized spacial score (nSPS) is 13.0. The minimum absolute atomic E-state index is 0.0139. The van der Waals surface area contributed by atoms with Crippen molar-refractivity contribution in [1.82, 2.24) is 5.06 Å². The lowest BCUT2D eigenvalue weighted by Crippen LogP contribution is -2.33. The van der Waals surface area contributed by atoms with E-state index in [-0.39, 0.29) is 24.2 Å². The molecule has 6 nitrogen and oxygen atoms in total. The van der Waals surface area contributed by atoms with Gasteiger partial charge in [-0.15, -0.1) is 0 Å². The SMILES string of the molecule is O=C(CCOc1ccc(Cl)c(Cl)c1)ON1C(=O)c2ccccc2C1=O. The Kier molecular flexibility index (Phi) is 4.92. The molecule has 0 fully saturated rings. The van der Waals surface area contributed by atoms with Crippen LogP contribution < -0.4 is 4.74 Å². The van der Waals surface area contributed by atoms with Crippen molar-refractivity contribution >= 4 is 41.0 Å². The van der Waals surface area contributed by atoms with Gasteiger partial charge in [0, 0.05) is 6.07 Å². The van der Waals surface area contributed by atoms with Gasteiger partial charge >= 0.3 is 5.97 Å². The van der Waals surface area contributed by atoms with Crippen molar-refractivity contribution in [3.05, 3.63) is 63.6 Å². The first kappa shape index (κ1) is 17.3. The quantitative estimate of drug-likeness (QED) is 0.743. The fourth-order valence-corrected chi connectivity index (χ4v) is 2.50. The van der Waals surface area contributed by atoms with Crippen LogP contribution in [0.15, 0.2) is 42.5 Å². The molecule has 0 aromatic heterocycles. The molecule has 8 heteroatoms. The molecular formula is C17H11Cl2NO5. The zero-order valence-electron chi connectivity index (χ0n) is 12.7. The van der Waals surface area contributed by atoms with Gasteiger partial charge in [-0.25, -0.2) is 4.79 Å². The molecule has 0 unspecified atom stereocenters. The van der Waals surface area contributed by atoms with E-state index in [0.717, 1.165) is 0 Å². The Labute approximate surface area is 152 Å². The van der Waals surface area contributed by atoms with Gasteiger partial charge in [-0.2, -0.15) is 0 Å². The van der Waals surface area contributed by atoms with E-state index in [1.165, 1.54) is 18.2 Å². The highest BCUT2D eigenvalue weighted by Gasteiger charge is 2.38. The number of carbonyl (C=O) groups excluding carboxylic acids is 3. The lowest BCUT2D eigenvalue weighted by molar-refractivity contribution is -0.169. The molecular weight excluding hydrogens is 369 g/mol. The Hall–Kier alpha value is -2.57. The number of fused-ring (bicyclic) bond motifs is 1. The summed E-state index contributed by atoms with van der Waals surface area (Å²) in [5.74, 6) is -1.67. The molecule has 2 amide bonds. The molecule has 128 valence electrons. The Bertz CT molecular complexity index is 833. The first-order valence-electron chi connectivity index (χ1n) is 7.24. The van der Waals surface area contributed by atoms with E-state index in [2.05, 4.69) is 0 Å². The van der Waals surface area contributed by atoms with Crippen molar-refractivity contribution in [2.24, 2.45) is 0 Å². The maximum absolute atomic E-state index is 12.1. The fraction of sp³-hybridized carbons (Fsp3) is 0.118. The average Bonchev–Trinajstić information content (AvgIpc) is 2.83. The third-order valence-corrected chi connectivity index (χ3v) is 4.15. The van der Waals surface area contributed by atoms with Crippen molar-refractivity contribution in [2.45, 2.75) is 6.42 Å². The van der Waals surface area contributed by atoms with Crippen LogP contribution in [0.5, 0.6) is 5.75 Å². The predicted octanol–water partition coefficient (Wildman–Crippen LogP) is 3.52. The lowest BCUT2D eigenvalue weighted by atomic mass is 10.1. The summed E-state index contributed by atoms with van der Waals surface area (Å²) >= 11 is 11.7. The molecule has 0 atom stereocenters. The maximum Gasteiger partial charge on any atom is 0.336 e. The predicted molar refractivity (Wildman–Crippen MR) is 89.6 cm³/mol. The van der Waals surface area contributed by atoms with Gasteiger partial charge in [-0.3, -0.25) is 9.59 Å². The zero-order chi connectivity index (χ0) is 18.0. The smallest absolute Gasteiger partial charge is 0.336 e. The molecule has 0 aliphatic carbocycles. The van der Waals surface area contributed by atoms with Crippen LogP contribution in [0, 0.1) is 0 Å². The molecule has 2 aromatic carbocycles. The highest BCUT2D eigenvalue weighted by Crippen LogP contribution is 2.26. The highest BCUT2D eigenvalue weighted by atomic mass is 35.5. The van der Waals surface area contributed by atoms with Crippen LogP contribution in [-0.2, 0) is 9.63 Å². The molecule has 0 radical (unpaired) electrons. The number of hydrogen-bond acceptors (Lipinski definition) is 5. The van der Waals surface area contributed by atoms with Gasteiger partial charge in [0.2, 0.25) is 0 Å². The third kappa shape index (κ3) is 3.60. The van der Waals surface area contributed by atoms with Crippen LogP contribution in [0.3, 0.4) is 0 Å². The molecule has 0 N–H and O–H groups in total. The summed E-state index contributed by atoms with van der Waals surface area (Å²) in [6.45, 7) is -0.0139. The van der Waals surface area contributed by atoms with Gasteiger partial charge in [0.1, 0.15) is 5.75 Å². The summed E-state index contributed by atoms with van der Waals surface area (Å²) in [5, 5.41) is 1.18. The van der Waals surface area contributed by atoms with Crippen LogP contribution in [0.4, 0.5) is 0 Å². The number of nitrogens with zero attached hydrogens (tertiary/aromatic N) is 1. The monoisotopic (exact) mass is 379 g/mol. The third-order valence-electron chi connectivity index (χ3n) is 3.42. The summed E-state index contributed by atoms with van der Waals surface area (Å²) in [7, 11) is 0. The number of amides is 2. The van der Waals surface area contributed by atoms with Crippen molar-refractivity contribution in [3.63, 3.8) is 0 Å². The first-order chi connectivity index (χ1) is 12.0. The Morgan fingerprint density at radius 1 is 0.960 bits per heavy atom. The number of hydroxylamine groups is 2. The molecule has 0 saturated heterocycles. The molecule has 0 saturated carbocycles. The summed E-state index contributed by atoms with van der Waals surface area (Å²) in [4.78, 5) is 40.9. The summed E-state index contributed by atoms with van der Waals surface area (Å²) in [6, 6.07) is 10.9. The molecule has 1 aliphatic rings. The molecule has 0 spiro atoms. The average molecular weight is 380 g/mol. The van der Waals surface area contributed by atoms with Gasteiger partial charge in [0.15, 0.2) is 0 Å². The van der Waals surface area contributed by atoms with Crippen molar-refractivity contribution in [2.75, 3.05) is 6.61 Å². The topological polar surface area (TPSA) is 72.9 Å². The first-order valence-corrected chi connectivity index (χ1v) is 7.99. The number of benzene rings is 2. The van der Waals surface area contributed by atoms with Crippen LogP contribution in [0.1, 0.15) is 27.1 Å². The van der Waals surface area contributed by atoms with Crippen LogP contribution in [0.2, 0.25) is 10.0 Å². The number of imide groups is 1. The van der Waals surface area contributed by atoms with E-state index in [1.807, 2.05) is 0 Å². The maximum atomic E-state index is 12.1. The van der Waals surface area contributed by atoms with Crippen LogP contribution >= 0.6 is 23.2 Å². The summed E-state index contributed by atoms with van der Waals surface area (Å²) in [6.07, 6.45) is -0.159. The Morgan fingerprint density at radius 2 is 1.60 bits per heavy atom. The molecule has 0 bridgehead atoms. The minimum Gasteiger partial charge on any atom is -0.493 e. The minimum atomic E-state index is -0.769. The Balaban J connectivity index is 1.54. The number of hydrogen-bond donors (Lipinski definition) is 0. The van der Waals surface area contributed by atoms with Crippen molar-refractivity contribution in [3.8, 4) is 5.75 Å². The van der Waals surface area contributed by atoms with Crippen LogP contribution in [-0.4, -0.2) is 29.5 Å². The number of rotatable bonds is 5. The van der Waals surface area contributed by atoms with E-state index in [4.69, 9.17) is 32.8 Å². The zero-order valence-corrected chi connectivity index (χ0v) is 14.2. The molecule has 3 rings (SSSR count). The second kappa shape index (κ2) is 7.13. The van der Waals surface area contributed by atoms with E-state index < -0.39 is 17.8 Å². The van der Waals surface area contributed by atoms with Gasteiger partial charge in [0.05, 0.1) is 34.2 Å². The summed E-state index contributed by atoms with van der Waals surface area (Å²) in [5.41, 5.74) is 0.403. The van der Waals surface area contributed by atoms with Gasteiger partial charge in [0.25, 0.3) is 11.8 Å². The van der Waals surface area contributed by atoms with Crippen LogP contribution in [0.25, 0.3) is 0 Å². The fourth-order valence-electron chi connectivity index (χ4n) is 2.22. The van der Waals surface area contributed by atoms with E-state index in [0.29, 0.717) is 20.9 Å². The van der Waals surface area contributed by atoms with E-state index in [1.54, 1.807) is 24.3 Å². The molecule has 2 aromatic rings. The van der Waals surface area contributed by atoms with Gasteiger partial charge in [-0.1, -0.05) is 40.4 Å². The number of carbonyl (C=O) groups is 3. The number of ether oxygens (including phenoxy) is 1. The highest BCUT2D eigenvalue weighted by molar-refractivity contribution is 6.42. The second-order valence-electron chi connectivity index (χ2n) is 5.09. The van der Waals surface area contributed by atoms with Crippen molar-refractivity contribution in [1.29, 1.82) is 0 Å². The van der Waals surface area contributed by atoms with Gasteiger partial charge < -0.3 is 9.57 Å². The standard InChI is InChI=1S/C17H11Cl2NO5/c18-13-6-5-10(9-14(13)19)24-8-7-15(21)25-20-16(22)11-3-1-2-4-12(11)17(20)23/h1-6,9H,7-8H2. The van der Waals surface area contributed by atoms with E-state index >= 15 is 0 Å². The summed E-state index contributed by atoms with van der Waals surface area (Å²) < 4.78 is 5.36. The second-order valence-corrected chi connectivity index (χ2v) is 5.90. The molecule has 25 heavy (non-hydrogen) atoms. The molecule has 1 aliphatic heterocycles. The number of halogens is 2. The lowest BCUT2D eigenvalue weighted by Gasteiger charge is -2.13.